The number of carbonyl (C=O) groups excluding carboxylic acids is 4. The van der Waals surface area contributed by atoms with Crippen molar-refractivity contribution < 1.29 is 71.0 Å². The fourth-order valence-corrected chi connectivity index (χ4v) is 5.71. The van der Waals surface area contributed by atoms with Gasteiger partial charge in [0.25, 0.3) is 0 Å². The van der Waals surface area contributed by atoms with Crippen LogP contribution in [0.4, 0.5) is 13.2 Å². The van der Waals surface area contributed by atoms with Gasteiger partial charge in [0.1, 0.15) is 29.6 Å². The summed E-state index contributed by atoms with van der Waals surface area (Å²) in [6.07, 6.45) is -9.55. The molecule has 3 unspecified atom stereocenters. The minimum Gasteiger partial charge on any atom is -0.388 e. The number of thioether (sulfide) groups is 1. The van der Waals surface area contributed by atoms with Crippen molar-refractivity contribution in [3.8, 4) is 0 Å². The van der Waals surface area contributed by atoms with Crippen molar-refractivity contribution in [2.24, 2.45) is 0 Å². The normalized spacial score (nSPS) is 29.0. The molecule has 6 atom stereocenters. The van der Waals surface area contributed by atoms with Gasteiger partial charge in [0.2, 0.25) is 11.8 Å². The Morgan fingerprint density at radius 3 is 2.26 bits per heavy atom. The number of aliphatic hydroxyl groups is 2. The molecule has 3 aliphatic rings. The highest BCUT2D eigenvalue weighted by atomic mass is 32.2. The number of amides is 3. The lowest BCUT2D eigenvalue weighted by Gasteiger charge is -2.42. The van der Waals surface area contributed by atoms with Crippen LogP contribution < -0.4 is 5.32 Å². The van der Waals surface area contributed by atoms with E-state index in [1.807, 2.05) is 0 Å². The number of rotatable bonds is 19. The lowest BCUT2D eigenvalue weighted by molar-refractivity contribution is -0.240. The van der Waals surface area contributed by atoms with Crippen LogP contribution >= 0.6 is 11.8 Å². The number of nitrogens with zero attached hydrogens (tertiary/aromatic N) is 1. The standard InChI is InChI=1S/C25H37F3N2O12S/c1-15(31)2-11-43-16-12-17(32)30(21(16)35)3-4-37-5-6-38-7-8-39-9-10-40-13-24-14-41-22(42-24)18(19(33)20(24)34)29-23(36)25(26,27)28/h16,18-20,22,33-34H,2-14H2,1H3,(H,29,36)/t16?,18-,19?,20?,22-,24-/m0/s1. The van der Waals surface area contributed by atoms with E-state index >= 15 is 0 Å². The number of carbonyl (C=O) groups is 4. The molecular formula is C25H37F3N2O12S. The Morgan fingerprint density at radius 2 is 1.65 bits per heavy atom. The van der Waals surface area contributed by atoms with Gasteiger partial charge in [-0.1, -0.05) is 0 Å². The quantitative estimate of drug-likeness (QED) is 0.113. The van der Waals surface area contributed by atoms with E-state index in [-0.39, 0.29) is 90.0 Å². The maximum atomic E-state index is 12.6. The van der Waals surface area contributed by atoms with Crippen molar-refractivity contribution in [3.05, 3.63) is 0 Å². The van der Waals surface area contributed by atoms with Crippen LogP contribution in [0.25, 0.3) is 0 Å². The number of nitrogens with one attached hydrogen (secondary N) is 1. The zero-order valence-electron chi connectivity index (χ0n) is 23.5. The molecule has 2 bridgehead atoms. The van der Waals surface area contributed by atoms with Crippen molar-refractivity contribution in [2.75, 3.05) is 71.8 Å². The third kappa shape index (κ3) is 10.1. The number of fused-ring (bicyclic) bond motifs is 2. The third-order valence-electron chi connectivity index (χ3n) is 6.82. The Hall–Kier alpha value is -1.90. The minimum atomic E-state index is -5.18. The molecule has 0 aromatic rings. The molecule has 18 heteroatoms. The van der Waals surface area contributed by atoms with Crippen molar-refractivity contribution in [3.63, 3.8) is 0 Å². The van der Waals surface area contributed by atoms with Crippen LogP contribution in [0.1, 0.15) is 19.8 Å². The average Bonchev–Trinajstić information content (AvgIpc) is 3.46. The van der Waals surface area contributed by atoms with E-state index in [0.717, 1.165) is 0 Å². The fourth-order valence-electron chi connectivity index (χ4n) is 4.49. The SMILES string of the molecule is CC(=O)CCSC1CC(=O)N(CCOCCOCCOCCOC[C@@]23CO[C@@H](O2)[C@@H](NC(=O)C(F)(F)F)C(O)C3O)C1=O. The van der Waals surface area contributed by atoms with Gasteiger partial charge in [0, 0.05) is 18.6 Å². The first kappa shape index (κ1) is 35.6. The van der Waals surface area contributed by atoms with Crippen LogP contribution in [0, 0.1) is 0 Å². The van der Waals surface area contributed by atoms with Gasteiger partial charge in [0.05, 0.1) is 71.3 Å². The highest BCUT2D eigenvalue weighted by molar-refractivity contribution is 8.00. The zero-order chi connectivity index (χ0) is 31.6. The Labute approximate surface area is 249 Å². The lowest BCUT2D eigenvalue weighted by Crippen LogP contribution is -2.67. The molecule has 0 aromatic carbocycles. The van der Waals surface area contributed by atoms with Crippen LogP contribution in [0.3, 0.4) is 0 Å². The minimum absolute atomic E-state index is 0.0362. The Kier molecular flexibility index (Phi) is 13.6. The number of imide groups is 1. The van der Waals surface area contributed by atoms with E-state index < -0.39 is 47.5 Å². The molecule has 3 fully saturated rings. The molecule has 3 N–H and O–H groups in total. The molecule has 43 heavy (non-hydrogen) atoms. The van der Waals surface area contributed by atoms with E-state index in [9.17, 15) is 42.6 Å². The maximum absolute atomic E-state index is 12.6. The largest absolute Gasteiger partial charge is 0.471 e. The molecule has 3 heterocycles. The number of aliphatic hydroxyl groups excluding tert-OH is 2. The van der Waals surface area contributed by atoms with Gasteiger partial charge in [-0.3, -0.25) is 24.1 Å². The zero-order valence-corrected chi connectivity index (χ0v) is 24.4. The predicted molar refractivity (Wildman–Crippen MR) is 140 cm³/mol. The van der Waals surface area contributed by atoms with E-state index in [2.05, 4.69) is 0 Å². The number of alkyl halides is 3. The van der Waals surface area contributed by atoms with Gasteiger partial charge >= 0.3 is 12.1 Å². The van der Waals surface area contributed by atoms with E-state index in [1.165, 1.54) is 23.6 Å². The number of ether oxygens (including phenoxy) is 6. The van der Waals surface area contributed by atoms with E-state index in [4.69, 9.17) is 28.4 Å². The van der Waals surface area contributed by atoms with Crippen LogP contribution in [0.15, 0.2) is 0 Å². The molecule has 0 aromatic heterocycles. The summed E-state index contributed by atoms with van der Waals surface area (Å²) in [5, 5.41) is 21.8. The highest BCUT2D eigenvalue weighted by Gasteiger charge is 2.60. The van der Waals surface area contributed by atoms with Gasteiger partial charge < -0.3 is 44.0 Å². The monoisotopic (exact) mass is 646 g/mol. The topological polar surface area (TPSA) is 179 Å². The lowest BCUT2D eigenvalue weighted by atomic mass is 9.88. The summed E-state index contributed by atoms with van der Waals surface area (Å²) in [5.74, 6) is -2.27. The van der Waals surface area contributed by atoms with Crippen molar-refractivity contribution in [1.82, 2.24) is 10.2 Å². The number of hydrogen-bond donors (Lipinski definition) is 3. The third-order valence-corrected chi connectivity index (χ3v) is 8.03. The number of ketones is 1. The summed E-state index contributed by atoms with van der Waals surface area (Å²) in [6.45, 7) is 2.50. The number of Topliss-reactive ketones (excluding diaryl/α,β-unsaturated/α-hetero) is 1. The Balaban J connectivity index is 1.18. The summed E-state index contributed by atoms with van der Waals surface area (Å²) >= 11 is 1.32. The van der Waals surface area contributed by atoms with Crippen molar-refractivity contribution in [1.29, 1.82) is 0 Å². The highest BCUT2D eigenvalue weighted by Crippen LogP contribution is 2.37. The van der Waals surface area contributed by atoms with E-state index in [0.29, 0.717) is 12.2 Å². The predicted octanol–water partition coefficient (Wildman–Crippen LogP) is -1.21. The first-order chi connectivity index (χ1) is 20.4. The average molecular weight is 647 g/mol. The second-order valence-corrected chi connectivity index (χ2v) is 11.4. The second kappa shape index (κ2) is 16.4. The molecule has 3 saturated heterocycles. The van der Waals surface area contributed by atoms with Gasteiger partial charge in [-0.2, -0.15) is 13.2 Å². The molecule has 3 aliphatic heterocycles. The van der Waals surface area contributed by atoms with Crippen LogP contribution in [-0.2, 0) is 47.6 Å². The molecule has 0 saturated carbocycles. The molecule has 0 spiro atoms. The first-order valence-electron chi connectivity index (χ1n) is 13.6. The van der Waals surface area contributed by atoms with Crippen LogP contribution in [0.5, 0.6) is 0 Å². The van der Waals surface area contributed by atoms with Gasteiger partial charge in [0.15, 0.2) is 6.29 Å². The van der Waals surface area contributed by atoms with Crippen LogP contribution in [-0.4, -0.2) is 152 Å². The summed E-state index contributed by atoms with van der Waals surface area (Å²) in [6, 6.07) is -1.62. The second-order valence-electron chi connectivity index (χ2n) is 10.1. The van der Waals surface area contributed by atoms with Gasteiger partial charge in [-0.25, -0.2) is 0 Å². The van der Waals surface area contributed by atoms with E-state index in [1.54, 1.807) is 5.32 Å². The van der Waals surface area contributed by atoms with Crippen molar-refractivity contribution in [2.45, 2.75) is 61.3 Å². The maximum Gasteiger partial charge on any atom is 0.471 e. The number of likely N-dealkylation sites (tertiary alicyclic amines) is 1. The fraction of sp³-hybridized carbons (Fsp3) is 0.840. The summed E-state index contributed by atoms with van der Waals surface area (Å²) in [5.41, 5.74) is -1.51. The molecule has 246 valence electrons. The number of halogens is 3. The Bertz CT molecular complexity index is 976. The first-order valence-corrected chi connectivity index (χ1v) is 14.7. The van der Waals surface area contributed by atoms with Gasteiger partial charge in [-0.05, 0) is 6.92 Å². The van der Waals surface area contributed by atoms with Crippen LogP contribution in [0.2, 0.25) is 0 Å². The molecule has 3 rings (SSSR count). The molecule has 3 amide bonds. The molecule has 0 radical (unpaired) electrons. The smallest absolute Gasteiger partial charge is 0.388 e. The molecule has 14 nitrogen and oxygen atoms in total. The summed E-state index contributed by atoms with van der Waals surface area (Å²) < 4.78 is 70.1. The summed E-state index contributed by atoms with van der Waals surface area (Å²) in [7, 11) is 0. The molecule has 0 aliphatic carbocycles. The van der Waals surface area contributed by atoms with Gasteiger partial charge in [-0.15, -0.1) is 11.8 Å². The summed E-state index contributed by atoms with van der Waals surface area (Å²) in [4.78, 5) is 47.9. The molecular weight excluding hydrogens is 609 g/mol. The van der Waals surface area contributed by atoms with Crippen molar-refractivity contribution >= 4 is 35.3 Å². The Morgan fingerprint density at radius 1 is 1.05 bits per heavy atom. The number of hydrogen-bond acceptors (Lipinski definition) is 13.